The van der Waals surface area contributed by atoms with Crippen LogP contribution in [0.15, 0.2) is 22.8 Å². The fourth-order valence-corrected chi connectivity index (χ4v) is 1.79. The van der Waals surface area contributed by atoms with Crippen molar-refractivity contribution in [2.24, 2.45) is 5.92 Å². The zero-order valence-corrected chi connectivity index (χ0v) is 11.1. The molecule has 1 aliphatic carbocycles. The van der Waals surface area contributed by atoms with Gasteiger partial charge in [-0.25, -0.2) is 4.98 Å². The second kappa shape index (κ2) is 5.64. The average Bonchev–Trinajstić information content (AvgIpc) is 3.08. The third-order valence-electron chi connectivity index (χ3n) is 2.71. The monoisotopic (exact) mass is 284 g/mol. The Morgan fingerprint density at radius 1 is 1.50 bits per heavy atom. The summed E-state index contributed by atoms with van der Waals surface area (Å²) in [5.74, 6) is 1.82. The lowest BCUT2D eigenvalue weighted by Crippen LogP contribution is -2.23. The number of hydrogen-bond acceptors (Lipinski definition) is 3. The van der Waals surface area contributed by atoms with Crippen molar-refractivity contribution in [2.45, 2.75) is 12.8 Å². The SMILES string of the molecule is CN(CCOCC1CC1)c1cccc(Br)n1. The van der Waals surface area contributed by atoms with E-state index >= 15 is 0 Å². The Balaban J connectivity index is 1.71. The van der Waals surface area contributed by atoms with Crippen LogP contribution in [0.5, 0.6) is 0 Å². The second-order valence-electron chi connectivity index (χ2n) is 4.26. The molecule has 1 heterocycles. The molecule has 1 fully saturated rings. The topological polar surface area (TPSA) is 25.4 Å². The molecule has 0 unspecified atom stereocenters. The van der Waals surface area contributed by atoms with E-state index in [0.717, 1.165) is 36.1 Å². The van der Waals surface area contributed by atoms with Crippen molar-refractivity contribution in [1.29, 1.82) is 0 Å². The predicted octanol–water partition coefficient (Wildman–Crippen LogP) is 2.71. The van der Waals surface area contributed by atoms with Gasteiger partial charge in [-0.3, -0.25) is 0 Å². The van der Waals surface area contributed by atoms with Crippen molar-refractivity contribution < 1.29 is 4.74 Å². The van der Waals surface area contributed by atoms with Gasteiger partial charge in [0.2, 0.25) is 0 Å². The Morgan fingerprint density at radius 3 is 3.00 bits per heavy atom. The summed E-state index contributed by atoms with van der Waals surface area (Å²) in [5, 5.41) is 0. The highest BCUT2D eigenvalue weighted by molar-refractivity contribution is 9.10. The molecule has 0 atom stereocenters. The zero-order valence-electron chi connectivity index (χ0n) is 9.53. The summed E-state index contributed by atoms with van der Waals surface area (Å²) in [6.07, 6.45) is 2.70. The van der Waals surface area contributed by atoms with Gasteiger partial charge in [0.05, 0.1) is 6.61 Å². The van der Waals surface area contributed by atoms with Gasteiger partial charge < -0.3 is 9.64 Å². The summed E-state index contributed by atoms with van der Waals surface area (Å²) in [6, 6.07) is 5.93. The molecule has 1 aromatic heterocycles. The number of pyridine rings is 1. The molecule has 0 N–H and O–H groups in total. The Labute approximate surface area is 105 Å². The van der Waals surface area contributed by atoms with Gasteiger partial charge in [0, 0.05) is 20.2 Å². The van der Waals surface area contributed by atoms with E-state index in [-0.39, 0.29) is 0 Å². The van der Waals surface area contributed by atoms with E-state index in [0.29, 0.717) is 0 Å². The largest absolute Gasteiger partial charge is 0.379 e. The Morgan fingerprint density at radius 2 is 2.31 bits per heavy atom. The molecule has 16 heavy (non-hydrogen) atoms. The summed E-state index contributed by atoms with van der Waals surface area (Å²) in [6.45, 7) is 2.59. The number of anilines is 1. The first kappa shape index (κ1) is 11.9. The molecule has 0 aromatic carbocycles. The van der Waals surface area contributed by atoms with E-state index in [4.69, 9.17) is 4.74 Å². The lowest BCUT2D eigenvalue weighted by Gasteiger charge is -2.18. The van der Waals surface area contributed by atoms with E-state index in [1.807, 2.05) is 25.2 Å². The van der Waals surface area contributed by atoms with Crippen molar-refractivity contribution in [3.8, 4) is 0 Å². The lowest BCUT2D eigenvalue weighted by molar-refractivity contribution is 0.131. The molecular formula is C12H17BrN2O. The van der Waals surface area contributed by atoms with Crippen LogP contribution < -0.4 is 4.90 Å². The van der Waals surface area contributed by atoms with Crippen LogP contribution in [0, 0.1) is 5.92 Å². The minimum atomic E-state index is 0.779. The zero-order chi connectivity index (χ0) is 11.4. The smallest absolute Gasteiger partial charge is 0.129 e. The van der Waals surface area contributed by atoms with Crippen LogP contribution in [0.25, 0.3) is 0 Å². The number of hydrogen-bond donors (Lipinski definition) is 0. The van der Waals surface area contributed by atoms with Gasteiger partial charge >= 0.3 is 0 Å². The summed E-state index contributed by atoms with van der Waals surface area (Å²) in [5.41, 5.74) is 0. The number of nitrogens with zero attached hydrogens (tertiary/aromatic N) is 2. The van der Waals surface area contributed by atoms with Crippen LogP contribution in [0.3, 0.4) is 0 Å². The number of ether oxygens (including phenoxy) is 1. The second-order valence-corrected chi connectivity index (χ2v) is 5.07. The summed E-state index contributed by atoms with van der Waals surface area (Å²) in [7, 11) is 2.04. The minimum Gasteiger partial charge on any atom is -0.379 e. The van der Waals surface area contributed by atoms with Gasteiger partial charge in [-0.05, 0) is 46.8 Å². The summed E-state index contributed by atoms with van der Waals surface area (Å²) in [4.78, 5) is 6.50. The fourth-order valence-electron chi connectivity index (χ4n) is 1.46. The first-order chi connectivity index (χ1) is 7.75. The summed E-state index contributed by atoms with van der Waals surface area (Å²) < 4.78 is 6.47. The molecule has 0 radical (unpaired) electrons. The van der Waals surface area contributed by atoms with Crippen molar-refractivity contribution in [1.82, 2.24) is 4.98 Å². The standard InChI is InChI=1S/C12H17BrN2O/c1-15(7-8-16-9-10-5-6-10)12-4-2-3-11(13)14-12/h2-4,10H,5-9H2,1H3. The molecule has 88 valence electrons. The van der Waals surface area contributed by atoms with Gasteiger partial charge in [-0.1, -0.05) is 6.07 Å². The molecule has 0 amide bonds. The third-order valence-corrected chi connectivity index (χ3v) is 3.15. The highest BCUT2D eigenvalue weighted by Gasteiger charge is 2.20. The maximum absolute atomic E-state index is 5.60. The molecule has 1 aliphatic rings. The van der Waals surface area contributed by atoms with Crippen molar-refractivity contribution in [3.63, 3.8) is 0 Å². The molecule has 0 spiro atoms. The normalized spacial score (nSPS) is 15.1. The van der Waals surface area contributed by atoms with Crippen LogP contribution in [0.4, 0.5) is 5.82 Å². The number of aromatic nitrogens is 1. The van der Waals surface area contributed by atoms with Gasteiger partial charge in [-0.2, -0.15) is 0 Å². The van der Waals surface area contributed by atoms with Gasteiger partial charge in [0.15, 0.2) is 0 Å². The van der Waals surface area contributed by atoms with Crippen molar-refractivity contribution in [3.05, 3.63) is 22.8 Å². The number of halogens is 1. The van der Waals surface area contributed by atoms with E-state index in [2.05, 4.69) is 25.8 Å². The molecule has 0 aliphatic heterocycles. The average molecular weight is 285 g/mol. The van der Waals surface area contributed by atoms with E-state index in [9.17, 15) is 0 Å². The Bertz CT molecular complexity index is 342. The molecule has 0 bridgehead atoms. The molecular weight excluding hydrogens is 268 g/mol. The predicted molar refractivity (Wildman–Crippen MR) is 68.8 cm³/mol. The third kappa shape index (κ3) is 3.76. The van der Waals surface area contributed by atoms with E-state index in [1.54, 1.807) is 0 Å². The minimum absolute atomic E-state index is 0.779. The highest BCUT2D eigenvalue weighted by atomic mass is 79.9. The Kier molecular flexibility index (Phi) is 4.18. The van der Waals surface area contributed by atoms with E-state index < -0.39 is 0 Å². The van der Waals surface area contributed by atoms with Gasteiger partial charge in [0.25, 0.3) is 0 Å². The van der Waals surface area contributed by atoms with Crippen LogP contribution in [0.2, 0.25) is 0 Å². The van der Waals surface area contributed by atoms with Crippen LogP contribution >= 0.6 is 15.9 Å². The lowest BCUT2D eigenvalue weighted by atomic mass is 10.4. The molecule has 3 nitrogen and oxygen atoms in total. The number of rotatable bonds is 6. The molecule has 1 aromatic rings. The first-order valence-electron chi connectivity index (χ1n) is 5.67. The highest BCUT2D eigenvalue weighted by Crippen LogP contribution is 2.28. The molecule has 2 rings (SSSR count). The molecule has 4 heteroatoms. The van der Waals surface area contributed by atoms with Gasteiger partial charge in [0.1, 0.15) is 10.4 Å². The van der Waals surface area contributed by atoms with Crippen LogP contribution in [-0.4, -0.2) is 31.8 Å². The van der Waals surface area contributed by atoms with Gasteiger partial charge in [-0.15, -0.1) is 0 Å². The summed E-state index contributed by atoms with van der Waals surface area (Å²) >= 11 is 3.37. The quantitative estimate of drug-likeness (QED) is 0.593. The molecule has 0 saturated heterocycles. The van der Waals surface area contributed by atoms with Crippen LogP contribution in [-0.2, 0) is 4.74 Å². The van der Waals surface area contributed by atoms with Crippen molar-refractivity contribution >= 4 is 21.7 Å². The van der Waals surface area contributed by atoms with Crippen LogP contribution in [0.1, 0.15) is 12.8 Å². The first-order valence-corrected chi connectivity index (χ1v) is 6.46. The maximum Gasteiger partial charge on any atom is 0.129 e. The fraction of sp³-hybridized carbons (Fsp3) is 0.583. The number of likely N-dealkylation sites (N-methyl/N-ethyl adjacent to an activating group) is 1. The molecule has 1 saturated carbocycles. The van der Waals surface area contributed by atoms with Crippen molar-refractivity contribution in [2.75, 3.05) is 31.7 Å². The van der Waals surface area contributed by atoms with E-state index in [1.165, 1.54) is 12.8 Å². The maximum atomic E-state index is 5.60. The Hall–Kier alpha value is -0.610.